The Hall–Kier alpha value is -2.33. The number of benzene rings is 2. The monoisotopic (exact) mass is 353 g/mol. The summed E-state index contributed by atoms with van der Waals surface area (Å²) in [4.78, 5) is 12.4. The summed E-state index contributed by atoms with van der Waals surface area (Å²) >= 11 is 0. The molecule has 0 unspecified atom stereocenters. The van der Waals surface area contributed by atoms with Crippen LogP contribution in [-0.4, -0.2) is 29.9 Å². The fourth-order valence-corrected chi connectivity index (χ4v) is 3.13. The van der Waals surface area contributed by atoms with E-state index in [1.165, 1.54) is 5.56 Å². The average molecular weight is 353 g/mol. The van der Waals surface area contributed by atoms with Crippen LogP contribution in [0.25, 0.3) is 0 Å². The number of amides is 1. The highest BCUT2D eigenvalue weighted by molar-refractivity contribution is 5.68. The molecule has 0 radical (unpaired) electrons. The Morgan fingerprint density at radius 3 is 2.12 bits per heavy atom. The van der Waals surface area contributed by atoms with Crippen LogP contribution in [0.3, 0.4) is 0 Å². The summed E-state index contributed by atoms with van der Waals surface area (Å²) in [6.45, 7) is 6.24. The lowest BCUT2D eigenvalue weighted by Gasteiger charge is -2.28. The Balaban J connectivity index is 1.77. The minimum Gasteiger partial charge on any atom is -0.444 e. The van der Waals surface area contributed by atoms with Crippen molar-refractivity contribution in [1.82, 2.24) is 5.32 Å². The van der Waals surface area contributed by atoms with Crippen molar-refractivity contribution in [2.45, 2.75) is 50.9 Å². The molecule has 4 nitrogen and oxygen atoms in total. The molecule has 2 aromatic carbocycles. The lowest BCUT2D eigenvalue weighted by molar-refractivity contribution is 0.0471. The normalized spacial score (nSPS) is 20.3. The molecule has 0 bridgehead atoms. The van der Waals surface area contributed by atoms with E-state index in [0.717, 1.165) is 12.0 Å². The van der Waals surface area contributed by atoms with Gasteiger partial charge in [0.1, 0.15) is 11.2 Å². The minimum absolute atomic E-state index is 0.153. The summed E-state index contributed by atoms with van der Waals surface area (Å²) in [5.74, 6) is 0. The van der Waals surface area contributed by atoms with Gasteiger partial charge in [0, 0.05) is 6.42 Å². The standard InChI is InChI=1S/C22H27NO3/c1-21(2,3)26-20(24)23-19(14-17-10-6-4-7-11-17)22(16-25-22)15-18-12-8-5-9-13-18/h4-13,19H,14-16H2,1-3H3,(H,23,24)/t19-,22-/m0/s1. The second-order valence-electron chi connectivity index (χ2n) is 7.90. The first kappa shape index (κ1) is 18.5. The van der Waals surface area contributed by atoms with E-state index in [0.29, 0.717) is 13.0 Å². The molecule has 26 heavy (non-hydrogen) atoms. The predicted molar refractivity (Wildman–Crippen MR) is 102 cm³/mol. The predicted octanol–water partition coefficient (Wildman–Crippen LogP) is 4.13. The molecule has 1 amide bonds. The van der Waals surface area contributed by atoms with Gasteiger partial charge in [-0.3, -0.25) is 0 Å². The minimum atomic E-state index is -0.529. The number of carbonyl (C=O) groups is 1. The van der Waals surface area contributed by atoms with Crippen LogP contribution in [-0.2, 0) is 22.3 Å². The summed E-state index contributed by atoms with van der Waals surface area (Å²) in [7, 11) is 0. The van der Waals surface area contributed by atoms with Gasteiger partial charge in [0.2, 0.25) is 0 Å². The quantitative estimate of drug-likeness (QED) is 0.794. The number of nitrogens with one attached hydrogen (secondary N) is 1. The maximum absolute atomic E-state index is 12.4. The van der Waals surface area contributed by atoms with E-state index in [9.17, 15) is 4.79 Å². The second kappa shape index (κ2) is 7.50. The van der Waals surface area contributed by atoms with Crippen molar-refractivity contribution >= 4 is 6.09 Å². The molecule has 3 rings (SSSR count). The molecule has 1 saturated heterocycles. The summed E-state index contributed by atoms with van der Waals surface area (Å²) in [5, 5.41) is 3.06. The van der Waals surface area contributed by atoms with Crippen molar-refractivity contribution in [1.29, 1.82) is 0 Å². The van der Waals surface area contributed by atoms with Gasteiger partial charge in [-0.1, -0.05) is 60.7 Å². The molecule has 1 aliphatic rings. The van der Waals surface area contributed by atoms with Crippen LogP contribution in [0.15, 0.2) is 60.7 Å². The molecule has 4 heteroatoms. The highest BCUT2D eigenvalue weighted by Crippen LogP contribution is 2.36. The highest BCUT2D eigenvalue weighted by atomic mass is 16.6. The zero-order valence-electron chi connectivity index (χ0n) is 15.7. The van der Waals surface area contributed by atoms with Crippen molar-refractivity contribution in [2.75, 3.05) is 6.61 Å². The summed E-state index contributed by atoms with van der Waals surface area (Å²) in [5.41, 5.74) is 1.46. The molecule has 0 saturated carbocycles. The van der Waals surface area contributed by atoms with Gasteiger partial charge in [0.15, 0.2) is 0 Å². The number of alkyl carbamates (subject to hydrolysis) is 1. The maximum atomic E-state index is 12.4. The SMILES string of the molecule is CC(C)(C)OC(=O)N[C@@H](Cc1ccccc1)[C@]1(Cc2ccccc2)CO1. The van der Waals surface area contributed by atoms with Crippen LogP contribution in [0, 0.1) is 0 Å². The molecule has 0 aliphatic carbocycles. The van der Waals surface area contributed by atoms with Crippen LogP contribution >= 0.6 is 0 Å². The lowest BCUT2D eigenvalue weighted by atomic mass is 9.88. The molecule has 1 aliphatic heterocycles. The van der Waals surface area contributed by atoms with E-state index in [2.05, 4.69) is 29.6 Å². The van der Waals surface area contributed by atoms with Gasteiger partial charge in [0.05, 0.1) is 12.6 Å². The van der Waals surface area contributed by atoms with Crippen molar-refractivity contribution in [2.24, 2.45) is 0 Å². The fraction of sp³-hybridized carbons (Fsp3) is 0.409. The van der Waals surface area contributed by atoms with Gasteiger partial charge in [-0.15, -0.1) is 0 Å². The first-order valence-corrected chi connectivity index (χ1v) is 9.08. The molecule has 138 valence electrons. The first-order valence-electron chi connectivity index (χ1n) is 9.08. The van der Waals surface area contributed by atoms with Crippen LogP contribution in [0.2, 0.25) is 0 Å². The number of carbonyl (C=O) groups excluding carboxylic acids is 1. The van der Waals surface area contributed by atoms with Crippen molar-refractivity contribution in [3.63, 3.8) is 0 Å². The third-order valence-electron chi connectivity index (χ3n) is 4.47. The van der Waals surface area contributed by atoms with Gasteiger partial charge in [0.25, 0.3) is 0 Å². The largest absolute Gasteiger partial charge is 0.444 e. The van der Waals surface area contributed by atoms with E-state index < -0.39 is 11.7 Å². The molecular weight excluding hydrogens is 326 g/mol. The zero-order valence-corrected chi connectivity index (χ0v) is 15.7. The average Bonchev–Trinajstić information content (AvgIpc) is 3.35. The molecular formula is C22H27NO3. The highest BCUT2D eigenvalue weighted by Gasteiger charge is 2.52. The van der Waals surface area contributed by atoms with Crippen LogP contribution in [0.5, 0.6) is 0 Å². The number of epoxide rings is 1. The topological polar surface area (TPSA) is 50.9 Å². The number of hydrogen-bond donors (Lipinski definition) is 1. The molecule has 2 atom stereocenters. The lowest BCUT2D eigenvalue weighted by Crippen LogP contribution is -2.49. The van der Waals surface area contributed by atoms with Gasteiger partial charge in [-0.2, -0.15) is 0 Å². The molecule has 1 fully saturated rings. The second-order valence-corrected chi connectivity index (χ2v) is 7.90. The first-order chi connectivity index (χ1) is 12.4. The van der Waals surface area contributed by atoms with Gasteiger partial charge >= 0.3 is 6.09 Å². The molecule has 0 spiro atoms. The Kier molecular flexibility index (Phi) is 5.33. The molecule has 0 aromatic heterocycles. The van der Waals surface area contributed by atoms with Crippen molar-refractivity contribution in [3.8, 4) is 0 Å². The number of hydrogen-bond acceptors (Lipinski definition) is 3. The van der Waals surface area contributed by atoms with E-state index >= 15 is 0 Å². The smallest absolute Gasteiger partial charge is 0.407 e. The summed E-state index contributed by atoms with van der Waals surface area (Å²) in [6, 6.07) is 20.3. The van der Waals surface area contributed by atoms with Gasteiger partial charge in [-0.05, 0) is 38.3 Å². The number of ether oxygens (including phenoxy) is 2. The Morgan fingerprint density at radius 1 is 1.08 bits per heavy atom. The van der Waals surface area contributed by atoms with E-state index in [1.54, 1.807) is 0 Å². The van der Waals surface area contributed by atoms with Crippen LogP contribution in [0.4, 0.5) is 4.79 Å². The number of rotatable bonds is 6. The third kappa shape index (κ3) is 5.09. The Labute approximate surface area is 155 Å². The van der Waals surface area contributed by atoms with Crippen molar-refractivity contribution < 1.29 is 14.3 Å². The molecule has 1 N–H and O–H groups in total. The third-order valence-corrected chi connectivity index (χ3v) is 4.47. The summed E-state index contributed by atoms with van der Waals surface area (Å²) < 4.78 is 11.4. The van der Waals surface area contributed by atoms with E-state index in [-0.39, 0.29) is 11.6 Å². The van der Waals surface area contributed by atoms with E-state index in [4.69, 9.17) is 9.47 Å². The fourth-order valence-electron chi connectivity index (χ4n) is 3.13. The van der Waals surface area contributed by atoms with Gasteiger partial charge in [-0.25, -0.2) is 4.79 Å². The maximum Gasteiger partial charge on any atom is 0.407 e. The Morgan fingerprint density at radius 2 is 1.62 bits per heavy atom. The van der Waals surface area contributed by atoms with Crippen LogP contribution in [0.1, 0.15) is 31.9 Å². The van der Waals surface area contributed by atoms with Crippen molar-refractivity contribution in [3.05, 3.63) is 71.8 Å². The zero-order chi connectivity index (χ0) is 18.6. The molecule has 2 aromatic rings. The summed E-state index contributed by atoms with van der Waals surface area (Å²) in [6.07, 6.45) is 1.06. The molecule has 1 heterocycles. The Bertz CT molecular complexity index is 718. The van der Waals surface area contributed by atoms with E-state index in [1.807, 2.05) is 57.2 Å². The van der Waals surface area contributed by atoms with Gasteiger partial charge < -0.3 is 14.8 Å². The van der Waals surface area contributed by atoms with Crippen LogP contribution < -0.4 is 5.32 Å².